The van der Waals surface area contributed by atoms with Crippen LogP contribution in [0.3, 0.4) is 0 Å². The molecular formula is C16H24ClN. The highest BCUT2D eigenvalue weighted by molar-refractivity contribution is 6.30. The maximum atomic E-state index is 6.05. The number of hydrogen-bond acceptors (Lipinski definition) is 1. The molecule has 1 aliphatic rings. The number of halogens is 1. The number of rotatable bonds is 4. The standard InChI is InChI=1S/C16H24ClN/c1-13(2)16(9-3-4-11-18-16)10-8-14-6-5-7-15(17)12-14/h5-7,12-13,18H,3-4,8-11H2,1-2H3. The molecule has 18 heavy (non-hydrogen) atoms. The summed E-state index contributed by atoms with van der Waals surface area (Å²) in [5.74, 6) is 0.692. The molecule has 100 valence electrons. The summed E-state index contributed by atoms with van der Waals surface area (Å²) in [5, 5.41) is 4.63. The lowest BCUT2D eigenvalue weighted by molar-refractivity contribution is 0.170. The van der Waals surface area contributed by atoms with Gasteiger partial charge in [0.25, 0.3) is 0 Å². The molecule has 0 amide bonds. The molecule has 0 bridgehead atoms. The number of aryl methyl sites for hydroxylation is 1. The number of nitrogens with one attached hydrogen (secondary N) is 1. The molecular weight excluding hydrogens is 242 g/mol. The Morgan fingerprint density at radius 3 is 2.78 bits per heavy atom. The van der Waals surface area contributed by atoms with E-state index in [2.05, 4.69) is 31.3 Å². The van der Waals surface area contributed by atoms with Crippen LogP contribution in [-0.4, -0.2) is 12.1 Å². The molecule has 1 fully saturated rings. The number of piperidine rings is 1. The lowest BCUT2D eigenvalue weighted by Crippen LogP contribution is -2.52. The molecule has 1 nitrogen and oxygen atoms in total. The molecule has 0 saturated carbocycles. The summed E-state index contributed by atoms with van der Waals surface area (Å²) in [5.41, 5.74) is 1.69. The maximum Gasteiger partial charge on any atom is 0.0408 e. The van der Waals surface area contributed by atoms with Crippen molar-refractivity contribution in [2.75, 3.05) is 6.54 Å². The van der Waals surface area contributed by atoms with Gasteiger partial charge in [-0.2, -0.15) is 0 Å². The molecule has 0 spiro atoms. The van der Waals surface area contributed by atoms with Gasteiger partial charge < -0.3 is 5.32 Å². The first kappa shape index (κ1) is 13.9. The summed E-state index contributed by atoms with van der Waals surface area (Å²) in [6, 6.07) is 8.28. The number of benzene rings is 1. The second-order valence-electron chi connectivity index (χ2n) is 5.82. The van der Waals surface area contributed by atoms with Gasteiger partial charge in [0.1, 0.15) is 0 Å². The number of hydrogen-bond donors (Lipinski definition) is 1. The monoisotopic (exact) mass is 265 g/mol. The van der Waals surface area contributed by atoms with Crippen LogP contribution in [0, 0.1) is 5.92 Å². The Morgan fingerprint density at radius 1 is 1.33 bits per heavy atom. The van der Waals surface area contributed by atoms with Crippen molar-refractivity contribution in [1.29, 1.82) is 0 Å². The van der Waals surface area contributed by atoms with Crippen molar-refractivity contribution in [3.05, 3.63) is 34.9 Å². The van der Waals surface area contributed by atoms with Crippen molar-refractivity contribution in [3.63, 3.8) is 0 Å². The smallest absolute Gasteiger partial charge is 0.0408 e. The fourth-order valence-electron chi connectivity index (χ4n) is 3.05. The average molecular weight is 266 g/mol. The second-order valence-corrected chi connectivity index (χ2v) is 6.26. The van der Waals surface area contributed by atoms with Crippen LogP contribution in [0.1, 0.15) is 45.1 Å². The van der Waals surface area contributed by atoms with E-state index in [4.69, 9.17) is 11.6 Å². The van der Waals surface area contributed by atoms with Gasteiger partial charge in [0.05, 0.1) is 0 Å². The van der Waals surface area contributed by atoms with Crippen LogP contribution in [0.15, 0.2) is 24.3 Å². The topological polar surface area (TPSA) is 12.0 Å². The highest BCUT2D eigenvalue weighted by Crippen LogP contribution is 2.31. The summed E-state index contributed by atoms with van der Waals surface area (Å²) in [6.07, 6.45) is 6.33. The van der Waals surface area contributed by atoms with Gasteiger partial charge in [-0.25, -0.2) is 0 Å². The third kappa shape index (κ3) is 3.27. The van der Waals surface area contributed by atoms with Gasteiger partial charge >= 0.3 is 0 Å². The third-order valence-corrected chi connectivity index (χ3v) is 4.62. The van der Waals surface area contributed by atoms with Crippen molar-refractivity contribution in [1.82, 2.24) is 5.32 Å². The van der Waals surface area contributed by atoms with Crippen molar-refractivity contribution < 1.29 is 0 Å². The first-order chi connectivity index (χ1) is 8.62. The van der Waals surface area contributed by atoms with Crippen molar-refractivity contribution >= 4 is 11.6 Å². The molecule has 1 aromatic carbocycles. The predicted octanol–water partition coefficient (Wildman–Crippen LogP) is 4.44. The first-order valence-electron chi connectivity index (χ1n) is 7.12. The Kier molecular flexibility index (Phi) is 4.69. The van der Waals surface area contributed by atoms with Gasteiger partial charge in [-0.05, 0) is 55.8 Å². The lowest BCUT2D eigenvalue weighted by Gasteiger charge is -2.42. The van der Waals surface area contributed by atoms with Crippen LogP contribution < -0.4 is 5.32 Å². The van der Waals surface area contributed by atoms with E-state index < -0.39 is 0 Å². The SMILES string of the molecule is CC(C)C1(CCc2cccc(Cl)c2)CCCCN1. The molecule has 2 rings (SSSR count). The molecule has 1 atom stereocenters. The van der Waals surface area contributed by atoms with Crippen LogP contribution >= 0.6 is 11.6 Å². The van der Waals surface area contributed by atoms with Crippen LogP contribution in [0.2, 0.25) is 5.02 Å². The van der Waals surface area contributed by atoms with Crippen LogP contribution in [-0.2, 0) is 6.42 Å². The van der Waals surface area contributed by atoms with E-state index in [1.54, 1.807) is 0 Å². The first-order valence-corrected chi connectivity index (χ1v) is 7.50. The minimum Gasteiger partial charge on any atom is -0.311 e. The van der Waals surface area contributed by atoms with E-state index in [9.17, 15) is 0 Å². The van der Waals surface area contributed by atoms with Gasteiger partial charge in [0, 0.05) is 10.6 Å². The van der Waals surface area contributed by atoms with Crippen molar-refractivity contribution in [2.24, 2.45) is 5.92 Å². The second kappa shape index (κ2) is 6.08. The van der Waals surface area contributed by atoms with Crippen molar-refractivity contribution in [2.45, 2.75) is 51.5 Å². The minimum atomic E-state index is 0.334. The highest BCUT2D eigenvalue weighted by atomic mass is 35.5. The molecule has 1 N–H and O–H groups in total. The van der Waals surface area contributed by atoms with Crippen LogP contribution in [0.4, 0.5) is 0 Å². The Morgan fingerprint density at radius 2 is 2.17 bits per heavy atom. The minimum absolute atomic E-state index is 0.334. The summed E-state index contributed by atoms with van der Waals surface area (Å²) in [7, 11) is 0. The summed E-state index contributed by atoms with van der Waals surface area (Å²) in [6.45, 7) is 5.86. The van der Waals surface area contributed by atoms with Gasteiger partial charge in [0.2, 0.25) is 0 Å². The quantitative estimate of drug-likeness (QED) is 0.849. The summed E-state index contributed by atoms with van der Waals surface area (Å²) < 4.78 is 0. The fourth-order valence-corrected chi connectivity index (χ4v) is 3.26. The van der Waals surface area contributed by atoms with Crippen LogP contribution in [0.25, 0.3) is 0 Å². The van der Waals surface area contributed by atoms with E-state index in [1.165, 1.54) is 37.8 Å². The molecule has 1 heterocycles. The lowest BCUT2D eigenvalue weighted by atomic mass is 9.75. The Labute approximate surface area is 116 Å². The van der Waals surface area contributed by atoms with E-state index in [1.807, 2.05) is 12.1 Å². The molecule has 0 aromatic heterocycles. The van der Waals surface area contributed by atoms with Gasteiger partial charge in [-0.3, -0.25) is 0 Å². The highest BCUT2D eigenvalue weighted by Gasteiger charge is 2.34. The van der Waals surface area contributed by atoms with E-state index >= 15 is 0 Å². The largest absolute Gasteiger partial charge is 0.311 e. The Hall–Kier alpha value is -0.530. The zero-order valence-electron chi connectivity index (χ0n) is 11.5. The average Bonchev–Trinajstić information content (AvgIpc) is 2.37. The van der Waals surface area contributed by atoms with Gasteiger partial charge in [-0.15, -0.1) is 0 Å². The Bertz CT molecular complexity index is 380. The normalized spacial score (nSPS) is 24.4. The fraction of sp³-hybridized carbons (Fsp3) is 0.625. The maximum absolute atomic E-state index is 6.05. The summed E-state index contributed by atoms with van der Waals surface area (Å²) >= 11 is 6.05. The van der Waals surface area contributed by atoms with Gasteiger partial charge in [0.15, 0.2) is 0 Å². The van der Waals surface area contributed by atoms with Gasteiger partial charge in [-0.1, -0.05) is 44.0 Å². The van der Waals surface area contributed by atoms with Crippen molar-refractivity contribution in [3.8, 4) is 0 Å². The molecule has 1 unspecified atom stereocenters. The predicted molar refractivity (Wildman–Crippen MR) is 79.2 cm³/mol. The Balaban J connectivity index is 2.01. The van der Waals surface area contributed by atoms with E-state index in [0.717, 1.165) is 11.4 Å². The zero-order valence-corrected chi connectivity index (χ0v) is 12.3. The zero-order chi connectivity index (χ0) is 13.0. The molecule has 0 aliphatic carbocycles. The molecule has 1 saturated heterocycles. The van der Waals surface area contributed by atoms with E-state index in [-0.39, 0.29) is 0 Å². The third-order valence-electron chi connectivity index (χ3n) is 4.38. The molecule has 1 aliphatic heterocycles. The molecule has 1 aromatic rings. The summed E-state index contributed by atoms with van der Waals surface area (Å²) in [4.78, 5) is 0. The molecule has 2 heteroatoms. The van der Waals surface area contributed by atoms with E-state index in [0.29, 0.717) is 11.5 Å². The van der Waals surface area contributed by atoms with Crippen LogP contribution in [0.5, 0.6) is 0 Å². The molecule has 0 radical (unpaired) electrons.